The third-order valence-corrected chi connectivity index (χ3v) is 1.83. The normalized spacial score (nSPS) is 11.4. The Labute approximate surface area is 100 Å². The number of methoxy groups -OCH3 is 1. The van der Waals surface area contributed by atoms with E-state index in [-0.39, 0.29) is 24.5 Å². The molecule has 0 spiro atoms. The lowest BCUT2D eigenvalue weighted by atomic mass is 10.5. The van der Waals surface area contributed by atoms with Gasteiger partial charge in [-0.3, -0.25) is 0 Å². The monoisotopic (exact) mass is 267 g/mol. The predicted octanol–water partition coefficient (Wildman–Crippen LogP) is -0.177. The zero-order chi connectivity index (χ0) is 13.8. The fraction of sp³-hybridized carbons (Fsp3) is 0.625. The summed E-state index contributed by atoms with van der Waals surface area (Å²) in [6.45, 7) is -2.07. The Balaban J connectivity index is 3.01. The molecule has 0 aliphatic rings. The first-order chi connectivity index (χ1) is 8.35. The molecule has 1 aromatic rings. The smallest absolute Gasteiger partial charge is 0.406 e. The molecule has 1 heterocycles. The number of alkyl halides is 3. The predicted molar refractivity (Wildman–Crippen MR) is 56.1 cm³/mol. The average molecular weight is 267 g/mol. The maximum Gasteiger partial charge on any atom is 0.406 e. The number of aliphatic hydroxyl groups is 1. The topological polar surface area (TPSA) is 97.4 Å². The van der Waals surface area contributed by atoms with Crippen LogP contribution < -0.4 is 15.4 Å². The Hall–Kier alpha value is -1.84. The summed E-state index contributed by atoms with van der Waals surface area (Å²) in [6.07, 6.45) is -4.45. The minimum Gasteiger partial charge on any atom is -0.467 e. The number of aromatic nitrogens is 3. The molecule has 0 aliphatic heterocycles. The van der Waals surface area contributed by atoms with Crippen LogP contribution in [0.2, 0.25) is 0 Å². The Morgan fingerprint density at radius 1 is 1.33 bits per heavy atom. The molecule has 0 amide bonds. The van der Waals surface area contributed by atoms with Crippen LogP contribution in [0.3, 0.4) is 0 Å². The minimum absolute atomic E-state index is 0.192. The van der Waals surface area contributed by atoms with E-state index in [0.29, 0.717) is 0 Å². The Morgan fingerprint density at radius 2 is 2.00 bits per heavy atom. The SMILES string of the molecule is COc1nc(N)nc(N(CCO)CC(F)(F)F)n1. The zero-order valence-corrected chi connectivity index (χ0v) is 9.48. The highest BCUT2D eigenvalue weighted by atomic mass is 19.4. The third-order valence-electron chi connectivity index (χ3n) is 1.83. The summed E-state index contributed by atoms with van der Waals surface area (Å²) in [6, 6.07) is -0.192. The van der Waals surface area contributed by atoms with Crippen molar-refractivity contribution in [3.05, 3.63) is 0 Å². The van der Waals surface area contributed by atoms with E-state index in [4.69, 9.17) is 10.8 Å². The number of anilines is 2. The third kappa shape index (κ3) is 4.20. The van der Waals surface area contributed by atoms with Crippen LogP contribution in [0.1, 0.15) is 0 Å². The van der Waals surface area contributed by atoms with Gasteiger partial charge in [0.15, 0.2) is 0 Å². The molecule has 3 N–H and O–H groups in total. The van der Waals surface area contributed by atoms with E-state index in [9.17, 15) is 13.2 Å². The molecule has 102 valence electrons. The first kappa shape index (κ1) is 14.2. The molecule has 0 fully saturated rings. The van der Waals surface area contributed by atoms with Crippen LogP contribution in [0, 0.1) is 0 Å². The van der Waals surface area contributed by atoms with Gasteiger partial charge in [-0.15, -0.1) is 0 Å². The lowest BCUT2D eigenvalue weighted by molar-refractivity contribution is -0.120. The van der Waals surface area contributed by atoms with E-state index < -0.39 is 19.3 Å². The zero-order valence-electron chi connectivity index (χ0n) is 9.48. The molecule has 0 saturated heterocycles. The summed E-state index contributed by atoms with van der Waals surface area (Å²) >= 11 is 0. The summed E-state index contributed by atoms with van der Waals surface area (Å²) in [5.74, 6) is -0.562. The van der Waals surface area contributed by atoms with Gasteiger partial charge in [-0.1, -0.05) is 0 Å². The number of halogens is 3. The number of hydrogen-bond donors (Lipinski definition) is 2. The maximum atomic E-state index is 12.3. The summed E-state index contributed by atoms with van der Waals surface area (Å²) in [7, 11) is 1.25. The highest BCUT2D eigenvalue weighted by Crippen LogP contribution is 2.20. The molecule has 18 heavy (non-hydrogen) atoms. The van der Waals surface area contributed by atoms with Gasteiger partial charge < -0.3 is 20.5 Å². The molecule has 1 aromatic heterocycles. The average Bonchev–Trinajstić information content (AvgIpc) is 2.26. The summed E-state index contributed by atoms with van der Waals surface area (Å²) in [4.78, 5) is 11.5. The summed E-state index contributed by atoms with van der Waals surface area (Å²) in [5.41, 5.74) is 5.32. The summed E-state index contributed by atoms with van der Waals surface area (Å²) in [5, 5.41) is 8.75. The molecule has 0 atom stereocenters. The molecule has 0 aromatic carbocycles. The van der Waals surface area contributed by atoms with Gasteiger partial charge in [0.05, 0.1) is 13.7 Å². The number of nitrogen functional groups attached to an aromatic ring is 1. The molecule has 7 nitrogen and oxygen atoms in total. The van der Waals surface area contributed by atoms with E-state index >= 15 is 0 Å². The van der Waals surface area contributed by atoms with E-state index in [1.54, 1.807) is 0 Å². The van der Waals surface area contributed by atoms with Crippen molar-refractivity contribution in [1.82, 2.24) is 15.0 Å². The fourth-order valence-corrected chi connectivity index (χ4v) is 1.18. The highest BCUT2D eigenvalue weighted by molar-refractivity contribution is 5.36. The Kier molecular flexibility index (Phi) is 4.48. The number of rotatable bonds is 5. The van der Waals surface area contributed by atoms with E-state index in [1.165, 1.54) is 7.11 Å². The fourth-order valence-electron chi connectivity index (χ4n) is 1.18. The molecule has 1 rings (SSSR count). The highest BCUT2D eigenvalue weighted by Gasteiger charge is 2.32. The van der Waals surface area contributed by atoms with Crippen molar-refractivity contribution >= 4 is 11.9 Å². The van der Waals surface area contributed by atoms with Gasteiger partial charge in [-0.05, 0) is 0 Å². The number of hydrogen-bond acceptors (Lipinski definition) is 7. The van der Waals surface area contributed by atoms with Gasteiger partial charge in [-0.25, -0.2) is 0 Å². The van der Waals surface area contributed by atoms with Gasteiger partial charge in [0.25, 0.3) is 0 Å². The number of nitrogens with two attached hydrogens (primary N) is 1. The molecule has 0 radical (unpaired) electrons. The molecule has 10 heteroatoms. The van der Waals surface area contributed by atoms with Gasteiger partial charge in [0.2, 0.25) is 11.9 Å². The van der Waals surface area contributed by atoms with Crippen LogP contribution in [-0.4, -0.2) is 53.0 Å². The van der Waals surface area contributed by atoms with Crippen LogP contribution in [0.4, 0.5) is 25.1 Å². The number of aliphatic hydroxyl groups excluding tert-OH is 1. The second-order valence-electron chi connectivity index (χ2n) is 3.24. The van der Waals surface area contributed by atoms with Crippen LogP contribution >= 0.6 is 0 Å². The van der Waals surface area contributed by atoms with Crippen molar-refractivity contribution in [3.8, 4) is 6.01 Å². The van der Waals surface area contributed by atoms with Crippen molar-refractivity contribution in [3.63, 3.8) is 0 Å². The van der Waals surface area contributed by atoms with Gasteiger partial charge in [-0.2, -0.15) is 28.1 Å². The van der Waals surface area contributed by atoms with E-state index in [1.807, 2.05) is 0 Å². The van der Waals surface area contributed by atoms with Gasteiger partial charge in [0, 0.05) is 6.54 Å². The summed E-state index contributed by atoms with van der Waals surface area (Å²) < 4.78 is 41.7. The van der Waals surface area contributed by atoms with Crippen LogP contribution in [0.25, 0.3) is 0 Å². The molecule has 0 bridgehead atoms. The first-order valence-corrected chi connectivity index (χ1v) is 4.84. The second-order valence-corrected chi connectivity index (χ2v) is 3.24. The lowest BCUT2D eigenvalue weighted by Crippen LogP contribution is -2.37. The van der Waals surface area contributed by atoms with Gasteiger partial charge in [0.1, 0.15) is 6.54 Å². The standard InChI is InChI=1S/C8H12F3N5O2/c1-18-7-14-5(12)13-6(15-7)16(2-3-17)4-8(9,10)11/h17H,2-4H2,1H3,(H2,12,13,14,15). The van der Waals surface area contributed by atoms with Crippen molar-refractivity contribution < 1.29 is 23.0 Å². The molecule has 0 saturated carbocycles. The van der Waals surface area contributed by atoms with Crippen molar-refractivity contribution in [2.75, 3.05) is 37.4 Å². The van der Waals surface area contributed by atoms with Crippen LogP contribution in [0.5, 0.6) is 6.01 Å². The number of nitrogens with zero attached hydrogens (tertiary/aromatic N) is 4. The van der Waals surface area contributed by atoms with Crippen molar-refractivity contribution in [2.24, 2.45) is 0 Å². The Bertz CT molecular complexity index is 401. The molecular weight excluding hydrogens is 255 g/mol. The second kappa shape index (κ2) is 5.67. The van der Waals surface area contributed by atoms with Crippen LogP contribution in [-0.2, 0) is 0 Å². The van der Waals surface area contributed by atoms with Crippen molar-refractivity contribution in [1.29, 1.82) is 0 Å². The number of ether oxygens (including phenoxy) is 1. The molecule has 0 unspecified atom stereocenters. The minimum atomic E-state index is -4.45. The van der Waals surface area contributed by atoms with Crippen molar-refractivity contribution in [2.45, 2.75) is 6.18 Å². The lowest BCUT2D eigenvalue weighted by Gasteiger charge is -2.22. The van der Waals surface area contributed by atoms with E-state index in [0.717, 1.165) is 4.90 Å². The van der Waals surface area contributed by atoms with Gasteiger partial charge >= 0.3 is 12.2 Å². The van der Waals surface area contributed by atoms with E-state index in [2.05, 4.69) is 19.7 Å². The van der Waals surface area contributed by atoms with Crippen LogP contribution in [0.15, 0.2) is 0 Å². The first-order valence-electron chi connectivity index (χ1n) is 4.84. The molecule has 0 aliphatic carbocycles. The Morgan fingerprint density at radius 3 is 2.50 bits per heavy atom. The largest absolute Gasteiger partial charge is 0.467 e. The molecular formula is C8H12F3N5O2. The quantitative estimate of drug-likeness (QED) is 0.763. The maximum absolute atomic E-state index is 12.3.